The molecule has 4 heterocycles. The molecular formula is C19H27N2O5P. The van der Waals surface area contributed by atoms with E-state index in [1.807, 2.05) is 0 Å². The number of piperidine rings is 3. The molecule has 27 heavy (non-hydrogen) atoms. The molecule has 3 fully saturated rings. The van der Waals surface area contributed by atoms with E-state index in [0.717, 1.165) is 31.0 Å². The first-order valence-electron chi connectivity index (χ1n) is 9.74. The van der Waals surface area contributed by atoms with Crippen molar-refractivity contribution in [2.45, 2.75) is 44.1 Å². The average Bonchev–Trinajstić information content (AvgIpc) is 2.64. The molecule has 0 radical (unpaired) electrons. The van der Waals surface area contributed by atoms with Gasteiger partial charge in [-0.3, -0.25) is 4.79 Å². The Morgan fingerprint density at radius 1 is 1.04 bits per heavy atom. The van der Waals surface area contributed by atoms with Gasteiger partial charge in [0, 0.05) is 30.6 Å². The highest BCUT2D eigenvalue weighted by Crippen LogP contribution is 2.41. The third kappa shape index (κ3) is 3.98. The Bertz CT molecular complexity index is 763. The Hall–Kier alpha value is -1.24. The normalized spacial score (nSPS) is 31.8. The highest BCUT2D eigenvalue weighted by molar-refractivity contribution is 7.45. The molecule has 8 heteroatoms. The number of hydrogen-bond acceptors (Lipinski definition) is 3. The first-order chi connectivity index (χ1) is 12.8. The molecule has 2 atom stereocenters. The molecule has 0 spiro atoms. The number of nitrogens with zero attached hydrogens (tertiary/aromatic N) is 2. The molecule has 5 aliphatic rings. The van der Waals surface area contributed by atoms with Gasteiger partial charge < -0.3 is 24.5 Å². The van der Waals surface area contributed by atoms with Crippen LogP contribution in [0.4, 0.5) is 0 Å². The van der Waals surface area contributed by atoms with E-state index >= 15 is 0 Å². The summed E-state index contributed by atoms with van der Waals surface area (Å²) in [5.41, 5.74) is 3.86. The Labute approximate surface area is 159 Å². The fourth-order valence-corrected chi connectivity index (χ4v) is 5.41. The molecule has 1 amide bonds. The monoisotopic (exact) mass is 394 g/mol. The Kier molecular flexibility index (Phi) is 5.16. The lowest BCUT2D eigenvalue weighted by Crippen LogP contribution is -2.60. The zero-order valence-electron chi connectivity index (χ0n) is 15.3. The van der Waals surface area contributed by atoms with Crippen LogP contribution < -0.4 is 0 Å². The van der Waals surface area contributed by atoms with E-state index < -0.39 is 7.82 Å². The van der Waals surface area contributed by atoms with Gasteiger partial charge in [-0.1, -0.05) is 12.1 Å². The second kappa shape index (κ2) is 7.30. The molecule has 4 aliphatic heterocycles. The number of rotatable bonds is 1. The van der Waals surface area contributed by atoms with E-state index in [0.29, 0.717) is 17.9 Å². The first kappa shape index (κ1) is 19.1. The van der Waals surface area contributed by atoms with Crippen molar-refractivity contribution in [2.75, 3.05) is 26.2 Å². The Balaban J connectivity index is 0.000000323. The lowest BCUT2D eigenvalue weighted by Gasteiger charge is -2.51. The van der Waals surface area contributed by atoms with Crippen molar-refractivity contribution in [3.8, 4) is 0 Å². The van der Waals surface area contributed by atoms with Gasteiger partial charge in [-0.2, -0.15) is 0 Å². The zero-order valence-corrected chi connectivity index (χ0v) is 16.2. The van der Waals surface area contributed by atoms with Gasteiger partial charge in [-0.25, -0.2) is 4.57 Å². The summed E-state index contributed by atoms with van der Waals surface area (Å²) in [6.45, 7) is 4.57. The molecule has 3 saturated heterocycles. The number of fused-ring (bicyclic) bond motifs is 3. The van der Waals surface area contributed by atoms with Crippen LogP contribution in [0.5, 0.6) is 0 Å². The van der Waals surface area contributed by atoms with Crippen LogP contribution in [-0.4, -0.2) is 62.6 Å². The predicted molar refractivity (Wildman–Crippen MR) is 100 cm³/mol. The fraction of sp³-hybridized carbons (Fsp3) is 0.632. The molecule has 1 aromatic carbocycles. The molecule has 0 saturated carbocycles. The average molecular weight is 394 g/mol. The van der Waals surface area contributed by atoms with Crippen molar-refractivity contribution >= 4 is 13.7 Å². The van der Waals surface area contributed by atoms with Crippen molar-refractivity contribution < 1.29 is 24.0 Å². The topological polar surface area (TPSA) is 101 Å². The van der Waals surface area contributed by atoms with Gasteiger partial charge in [0.05, 0.1) is 0 Å². The molecule has 1 aromatic rings. The lowest BCUT2D eigenvalue weighted by molar-refractivity contribution is 0.00258. The molecule has 2 bridgehead atoms. The summed E-state index contributed by atoms with van der Waals surface area (Å²) in [6.07, 6.45) is 6.27. The first-order valence-corrected chi connectivity index (χ1v) is 11.3. The number of benzene rings is 1. The van der Waals surface area contributed by atoms with Crippen LogP contribution in [-0.2, 0) is 11.0 Å². The summed E-state index contributed by atoms with van der Waals surface area (Å²) < 4.78 is 8.88. The summed E-state index contributed by atoms with van der Waals surface area (Å²) in [4.78, 5) is 39.5. The second-order valence-electron chi connectivity index (χ2n) is 8.14. The maximum atomic E-state index is 13.1. The molecule has 6 rings (SSSR count). The van der Waals surface area contributed by atoms with Crippen LogP contribution in [0, 0.1) is 5.92 Å². The van der Waals surface area contributed by atoms with Gasteiger partial charge in [-0.15, -0.1) is 0 Å². The maximum Gasteiger partial charge on any atom is 0.466 e. The van der Waals surface area contributed by atoms with Crippen molar-refractivity contribution in [1.29, 1.82) is 0 Å². The third-order valence-corrected chi connectivity index (χ3v) is 6.53. The van der Waals surface area contributed by atoms with Crippen molar-refractivity contribution in [1.82, 2.24) is 9.80 Å². The number of hydrogen-bond donors (Lipinski definition) is 3. The number of carbonyl (C=O) groups is 1. The fourth-order valence-electron chi connectivity index (χ4n) is 5.41. The minimum atomic E-state index is -4.64. The molecule has 0 aromatic heterocycles. The molecule has 3 N–H and O–H groups in total. The zero-order chi connectivity index (χ0) is 19.2. The highest BCUT2D eigenvalue weighted by atomic mass is 31.2. The molecular weight excluding hydrogens is 367 g/mol. The van der Waals surface area contributed by atoms with Gasteiger partial charge in [0.1, 0.15) is 0 Å². The van der Waals surface area contributed by atoms with Crippen LogP contribution in [0.15, 0.2) is 18.2 Å². The van der Waals surface area contributed by atoms with Crippen molar-refractivity contribution in [3.05, 3.63) is 34.9 Å². The molecule has 0 unspecified atom stereocenters. The Morgan fingerprint density at radius 2 is 1.74 bits per heavy atom. The van der Waals surface area contributed by atoms with Gasteiger partial charge >= 0.3 is 7.82 Å². The van der Waals surface area contributed by atoms with Crippen LogP contribution >= 0.6 is 7.82 Å². The third-order valence-electron chi connectivity index (χ3n) is 6.53. The SMILES string of the molecule is O=C1c2cccc3c2[C@H](CCC3)CN1[C@@H]1CN2CCC1CC2.O=P(O)(O)O. The van der Waals surface area contributed by atoms with E-state index in [4.69, 9.17) is 19.2 Å². The van der Waals surface area contributed by atoms with Crippen LogP contribution in [0.25, 0.3) is 0 Å². The van der Waals surface area contributed by atoms with Crippen molar-refractivity contribution in [2.24, 2.45) is 5.92 Å². The smallest absolute Gasteiger partial charge is 0.333 e. The van der Waals surface area contributed by atoms with Crippen molar-refractivity contribution in [3.63, 3.8) is 0 Å². The maximum absolute atomic E-state index is 13.1. The Morgan fingerprint density at radius 3 is 2.37 bits per heavy atom. The quantitative estimate of drug-likeness (QED) is 0.627. The van der Waals surface area contributed by atoms with Gasteiger partial charge in [0.2, 0.25) is 0 Å². The predicted octanol–water partition coefficient (Wildman–Crippen LogP) is 1.73. The van der Waals surface area contributed by atoms with E-state index in [1.54, 1.807) is 0 Å². The standard InChI is InChI=1S/C19H24N2O.H3O4P/c22-19-16-6-2-4-14-3-1-5-15(18(14)16)11-21(19)17-12-20-9-7-13(17)8-10-20;1-5(2,3)4/h2,4,6,13,15,17H,1,3,5,7-12H2;(H3,1,2,3,4)/t15-,17-;/m1./s1. The van der Waals surface area contributed by atoms with Crippen LogP contribution in [0.2, 0.25) is 0 Å². The molecule has 7 nitrogen and oxygen atoms in total. The molecule has 1 aliphatic carbocycles. The number of aryl methyl sites for hydroxylation is 1. The van der Waals surface area contributed by atoms with E-state index in [-0.39, 0.29) is 0 Å². The number of amides is 1. The van der Waals surface area contributed by atoms with Gasteiger partial charge in [0.25, 0.3) is 5.91 Å². The van der Waals surface area contributed by atoms with Gasteiger partial charge in [-0.05, 0) is 68.3 Å². The summed E-state index contributed by atoms with van der Waals surface area (Å²) in [5, 5.41) is 0. The van der Waals surface area contributed by atoms with Crippen LogP contribution in [0.3, 0.4) is 0 Å². The summed E-state index contributed by atoms with van der Waals surface area (Å²) >= 11 is 0. The summed E-state index contributed by atoms with van der Waals surface area (Å²) in [5.74, 6) is 1.64. The second-order valence-corrected chi connectivity index (χ2v) is 9.17. The van der Waals surface area contributed by atoms with E-state index in [1.165, 1.54) is 49.9 Å². The number of phosphoric acid groups is 1. The van der Waals surface area contributed by atoms with E-state index in [9.17, 15) is 4.79 Å². The molecule has 148 valence electrons. The van der Waals surface area contributed by atoms with Gasteiger partial charge in [0.15, 0.2) is 0 Å². The van der Waals surface area contributed by atoms with E-state index in [2.05, 4.69) is 28.0 Å². The minimum absolute atomic E-state index is 0.314. The largest absolute Gasteiger partial charge is 0.466 e. The number of carbonyl (C=O) groups excluding carboxylic acids is 1. The summed E-state index contributed by atoms with van der Waals surface area (Å²) in [6, 6.07) is 6.87. The van der Waals surface area contributed by atoms with Crippen LogP contribution in [0.1, 0.15) is 53.1 Å². The minimum Gasteiger partial charge on any atom is -0.333 e. The highest BCUT2D eigenvalue weighted by Gasteiger charge is 2.43. The lowest BCUT2D eigenvalue weighted by atomic mass is 9.75. The summed E-state index contributed by atoms with van der Waals surface area (Å²) in [7, 11) is -4.64.